The number of nitrogens with zero attached hydrogens (tertiary/aromatic N) is 20. The van der Waals surface area contributed by atoms with Crippen LogP contribution in [-0.2, 0) is 0 Å². The van der Waals surface area contributed by atoms with Gasteiger partial charge in [-0.05, 0) is 193 Å². The Morgan fingerprint density at radius 2 is 0.730 bits per heavy atom. The van der Waals surface area contributed by atoms with Crippen LogP contribution in [0.4, 0.5) is 73.4 Å². The highest BCUT2D eigenvalue weighted by Gasteiger charge is 2.22. The maximum Gasteiger partial charge on any atom is 0.231 e. The van der Waals surface area contributed by atoms with Crippen LogP contribution in [0.3, 0.4) is 0 Å². The van der Waals surface area contributed by atoms with Gasteiger partial charge in [0, 0.05) is 46.6 Å². The summed E-state index contributed by atoms with van der Waals surface area (Å²) in [6, 6.07) is 51.3. The van der Waals surface area contributed by atoms with Gasteiger partial charge in [0.2, 0.25) is 12.7 Å². The quantitative estimate of drug-likeness (QED) is 0.0389. The molecule has 137 heavy (non-hydrogen) atoms. The molecular weight excluding hydrogens is 1740 g/mol. The van der Waals surface area contributed by atoms with E-state index in [1.54, 1.807) is 113 Å². The number of benzene rings is 6. The lowest BCUT2D eigenvalue weighted by Gasteiger charge is -2.11. The molecule has 14 heterocycles. The summed E-state index contributed by atoms with van der Waals surface area (Å²) >= 11 is 0. The van der Waals surface area contributed by atoms with Crippen LogP contribution in [0.5, 0.6) is 28.9 Å². The highest BCUT2D eigenvalue weighted by molar-refractivity contribution is 5.79. The van der Waals surface area contributed by atoms with Gasteiger partial charge in [-0.15, -0.1) is 0 Å². The van der Waals surface area contributed by atoms with Crippen LogP contribution in [0, 0.1) is 107 Å². The van der Waals surface area contributed by atoms with Gasteiger partial charge in [-0.2, -0.15) is 5.26 Å². The Balaban J connectivity index is 0.000000125. The van der Waals surface area contributed by atoms with Crippen LogP contribution < -0.4 is 55.6 Å². The van der Waals surface area contributed by atoms with Crippen molar-refractivity contribution in [2.75, 3.05) is 60.0 Å². The standard InChI is InChI=1S/C21H17N5.C16H15FN4O2.C16H14N4O3.C16H16N4O2.C16H16N4O.C15H15N5O2/c1-14-7-9-17(10-8-14)24-20-11-16(13-22)12-21(25-20)26-15(2)23-18-5-3-4-6-19(18)26;1-9-16(10(2)23-21-9)13-7-18-8-15(20-13)19-11-4-5-14(22-3)12(17)6-11;1-9-16(10(2)23-20-9)12-6-17-7-15(19-12)18-11-3-4-13-14(5-11)22-8-21-13;1-10-16(11(2)22-20-10)14-8-17-9-15(19-14)18-12-4-6-13(21-3)7-5-12;1-10-4-6-13(7-5-10)18-15-9-17-8-14(19-15)16-11(2)20-21-12(16)3;1-9-15(10(2)22-20-9)12-7-16-8-13(19-12)18-11-4-5-14(21-3)17-6-11/h3-12H,1-2H3,(H,24,25);4-8H,1-3H3,(H,19,20);3-7H,8H2,1-2H3,(H,18,19);4-9H,1-3H3,(H,18,19);4-9H,1-3H3,(H,18,19);4-8H,1-3H3,(H,18,19). The summed E-state index contributed by atoms with van der Waals surface area (Å²) in [5.41, 5.74) is 21.6. The number of imidazole rings is 1. The van der Waals surface area contributed by atoms with Crippen molar-refractivity contribution in [1.29, 1.82) is 5.26 Å². The molecule has 6 N–H and O–H groups in total. The molecule has 19 aromatic rings. The molecule has 690 valence electrons. The number of hydrogen-bond acceptors (Lipinski definition) is 35. The number of aromatic nitrogens is 19. The molecule has 0 fully saturated rings. The number of para-hydroxylation sites is 2. The van der Waals surface area contributed by atoms with E-state index in [9.17, 15) is 9.65 Å². The monoisotopic (exact) mass is 1840 g/mol. The molecule has 0 spiro atoms. The van der Waals surface area contributed by atoms with E-state index >= 15 is 0 Å². The summed E-state index contributed by atoms with van der Waals surface area (Å²) in [6.45, 7) is 24.9. The van der Waals surface area contributed by atoms with E-state index in [1.807, 2.05) is 209 Å². The van der Waals surface area contributed by atoms with Crippen molar-refractivity contribution in [1.82, 2.24) is 95.1 Å². The SMILES string of the molecule is COc1ccc(Nc2cncc(-c3c(C)noc3C)n2)cc1.COc1ccc(Nc2cncc(-c3c(C)noc3C)n2)cc1F.COc1ccc(Nc2cncc(-c3c(C)noc3C)n2)cn1.Cc1ccc(Nc2cc(C#N)cc(-n3c(C)nc4ccccc43)n2)cc1.Cc1ccc(Nc2cncc(-c3c(C)noc3C)n2)cc1.Cc1noc(C)c1-c1cncc(Nc2ccc3c(c2)OCO3)n1. The number of halogens is 1. The second-order valence-electron chi connectivity index (χ2n) is 30.9. The fourth-order valence-corrected chi connectivity index (χ4v) is 14.3. The van der Waals surface area contributed by atoms with Crippen molar-refractivity contribution in [2.45, 2.75) is 90.0 Å². The lowest BCUT2D eigenvalue weighted by Crippen LogP contribution is -2.03. The minimum atomic E-state index is -0.452. The molecule has 0 atom stereocenters. The zero-order valence-electron chi connectivity index (χ0n) is 77.5. The first-order valence-electron chi connectivity index (χ1n) is 42.7. The number of nitriles is 1. The van der Waals surface area contributed by atoms with E-state index in [0.717, 1.165) is 148 Å². The van der Waals surface area contributed by atoms with Crippen molar-refractivity contribution in [2.24, 2.45) is 0 Å². The van der Waals surface area contributed by atoms with E-state index in [2.05, 4.69) is 130 Å². The molecule has 0 bridgehead atoms. The highest BCUT2D eigenvalue weighted by atomic mass is 19.1. The van der Waals surface area contributed by atoms with E-state index < -0.39 is 5.82 Å². The fraction of sp³-hybridized carbons (Fsp3) is 0.170. The van der Waals surface area contributed by atoms with Crippen LogP contribution in [0.2, 0.25) is 0 Å². The van der Waals surface area contributed by atoms with Gasteiger partial charge < -0.3 is 78.2 Å². The lowest BCUT2D eigenvalue weighted by atomic mass is 10.1. The lowest BCUT2D eigenvalue weighted by molar-refractivity contribution is 0.174. The predicted octanol–water partition coefficient (Wildman–Crippen LogP) is 21.7. The van der Waals surface area contributed by atoms with Gasteiger partial charge in [-0.1, -0.05) is 73.3 Å². The number of anilines is 12. The molecule has 0 amide bonds. The summed E-state index contributed by atoms with van der Waals surface area (Å²) in [7, 11) is 4.64. The van der Waals surface area contributed by atoms with Gasteiger partial charge in [0.15, 0.2) is 23.1 Å². The van der Waals surface area contributed by atoms with E-state index in [1.165, 1.54) is 24.3 Å². The highest BCUT2D eigenvalue weighted by Crippen LogP contribution is 2.38. The van der Waals surface area contributed by atoms with Crippen LogP contribution in [-0.4, -0.2) is 123 Å². The van der Waals surface area contributed by atoms with Gasteiger partial charge >= 0.3 is 0 Å². The second kappa shape index (κ2) is 43.2. The topological polar surface area (TPSA) is 445 Å². The summed E-state index contributed by atoms with van der Waals surface area (Å²) in [5, 5.41) is 48.3. The van der Waals surface area contributed by atoms with Gasteiger partial charge in [-0.25, -0.2) is 44.3 Å². The van der Waals surface area contributed by atoms with E-state index in [4.69, 9.17) is 51.3 Å². The van der Waals surface area contributed by atoms with Crippen LogP contribution in [0.15, 0.2) is 249 Å². The van der Waals surface area contributed by atoms with E-state index in [-0.39, 0.29) is 12.5 Å². The molecule has 0 saturated carbocycles. The second-order valence-corrected chi connectivity index (χ2v) is 30.9. The number of nitrogens with one attached hydrogen (secondary N) is 6. The molecule has 13 aromatic heterocycles. The van der Waals surface area contributed by atoms with Crippen molar-refractivity contribution in [3.05, 3.63) is 311 Å². The summed E-state index contributed by atoms with van der Waals surface area (Å²) in [4.78, 5) is 57.3. The van der Waals surface area contributed by atoms with Gasteiger partial charge in [0.05, 0.1) is 203 Å². The van der Waals surface area contributed by atoms with Gasteiger partial charge in [0.25, 0.3) is 0 Å². The molecule has 1 aliphatic heterocycles. The average Bonchev–Trinajstić information content (AvgIpc) is 1.62. The number of hydrogen-bond donors (Lipinski definition) is 6. The van der Waals surface area contributed by atoms with Crippen LogP contribution in [0.25, 0.3) is 73.1 Å². The maximum atomic E-state index is 13.7. The molecule has 36 nitrogen and oxygen atoms in total. The molecular formula is C100H93FN26O10. The van der Waals surface area contributed by atoms with Crippen molar-refractivity contribution in [3.63, 3.8) is 0 Å². The smallest absolute Gasteiger partial charge is 0.231 e. The first kappa shape index (κ1) is 93.4. The Morgan fingerprint density at radius 1 is 0.350 bits per heavy atom. The number of fused-ring (bicyclic) bond motifs is 2. The first-order valence-corrected chi connectivity index (χ1v) is 42.7. The number of rotatable bonds is 21. The predicted molar refractivity (Wildman–Crippen MR) is 515 cm³/mol. The minimum Gasteiger partial charge on any atom is -0.497 e. The van der Waals surface area contributed by atoms with Crippen molar-refractivity contribution < 1.29 is 50.7 Å². The number of ether oxygens (including phenoxy) is 5. The Hall–Kier alpha value is -18.2. The molecule has 6 aromatic carbocycles. The van der Waals surface area contributed by atoms with E-state index in [0.29, 0.717) is 86.4 Å². The Labute approximate surface area is 785 Å². The minimum absolute atomic E-state index is 0.186. The number of aryl methyl sites for hydroxylation is 13. The molecule has 37 heteroatoms. The molecule has 0 radical (unpaired) electrons. The number of pyridine rings is 2. The van der Waals surface area contributed by atoms with Crippen LogP contribution >= 0.6 is 0 Å². The number of methoxy groups -OCH3 is 3. The third-order valence-electron chi connectivity index (χ3n) is 20.8. The largest absolute Gasteiger partial charge is 0.497 e. The molecule has 1 aliphatic rings. The summed E-state index contributed by atoms with van der Waals surface area (Å²) in [5.74, 6) is 11.3. The molecule has 0 aliphatic carbocycles. The molecule has 0 saturated heterocycles. The zero-order chi connectivity index (χ0) is 96.2. The first-order chi connectivity index (χ1) is 66.4. The van der Waals surface area contributed by atoms with Gasteiger partial charge in [-0.3, -0.25) is 29.5 Å². The van der Waals surface area contributed by atoms with Crippen LogP contribution in [0.1, 0.15) is 79.8 Å². The molecule has 0 unspecified atom stereocenters. The summed E-state index contributed by atoms with van der Waals surface area (Å²) < 4.78 is 67.3. The average molecular weight is 1840 g/mol. The molecule has 20 rings (SSSR count). The Kier molecular flexibility index (Phi) is 29.5. The fourth-order valence-electron chi connectivity index (χ4n) is 14.3. The Morgan fingerprint density at radius 3 is 1.12 bits per heavy atom. The third kappa shape index (κ3) is 23.4. The Bertz CT molecular complexity index is 7200. The van der Waals surface area contributed by atoms with Crippen molar-refractivity contribution >= 4 is 80.1 Å². The normalized spacial score (nSPS) is 10.9. The zero-order valence-corrected chi connectivity index (χ0v) is 77.5. The van der Waals surface area contributed by atoms with Crippen molar-refractivity contribution in [3.8, 4) is 97.1 Å². The summed E-state index contributed by atoms with van der Waals surface area (Å²) in [6.07, 6.45) is 18.3. The van der Waals surface area contributed by atoms with Gasteiger partial charge in [0.1, 0.15) is 81.1 Å². The maximum absolute atomic E-state index is 13.7. The third-order valence-corrected chi connectivity index (χ3v) is 20.8.